The van der Waals surface area contributed by atoms with Crippen molar-refractivity contribution < 1.29 is 14.3 Å². The summed E-state index contributed by atoms with van der Waals surface area (Å²) in [4.78, 5) is 15.8. The molecule has 1 aromatic carbocycles. The van der Waals surface area contributed by atoms with Gasteiger partial charge in [0.2, 0.25) is 0 Å². The van der Waals surface area contributed by atoms with E-state index in [0.717, 1.165) is 11.4 Å². The minimum Gasteiger partial charge on any atom is -0.497 e. The summed E-state index contributed by atoms with van der Waals surface area (Å²) in [5.41, 5.74) is 0.408. The molecule has 0 unspecified atom stereocenters. The van der Waals surface area contributed by atoms with Gasteiger partial charge in [-0.25, -0.2) is 4.79 Å². The Morgan fingerprint density at radius 2 is 1.79 bits per heavy atom. The molecule has 1 saturated heterocycles. The molecule has 6 nitrogen and oxygen atoms in total. The number of nitrogens with one attached hydrogen (secondary N) is 1. The number of carbonyl (C=O) groups excluding carboxylic acids is 1. The van der Waals surface area contributed by atoms with Crippen LogP contribution in [0.2, 0.25) is 0 Å². The number of piperazine rings is 1. The van der Waals surface area contributed by atoms with Gasteiger partial charge in [-0.1, -0.05) is 6.07 Å². The fourth-order valence-electron chi connectivity index (χ4n) is 2.32. The molecule has 24 heavy (non-hydrogen) atoms. The number of carbonyl (C=O) groups is 1. The molecule has 0 aliphatic carbocycles. The monoisotopic (exact) mass is 351 g/mol. The first-order valence-corrected chi connectivity index (χ1v) is 8.37. The maximum absolute atomic E-state index is 12.1. The first-order chi connectivity index (χ1) is 11.3. The molecule has 1 fully saturated rings. The van der Waals surface area contributed by atoms with Gasteiger partial charge >= 0.3 is 6.09 Å². The van der Waals surface area contributed by atoms with Crippen LogP contribution in [0.4, 0.5) is 10.5 Å². The number of hydrogen-bond donors (Lipinski definition) is 1. The number of thiocarbonyl (C=S) groups is 1. The van der Waals surface area contributed by atoms with E-state index in [0.29, 0.717) is 31.3 Å². The molecule has 0 saturated carbocycles. The van der Waals surface area contributed by atoms with Crippen LogP contribution in [0, 0.1) is 0 Å². The van der Waals surface area contributed by atoms with Gasteiger partial charge in [0.05, 0.1) is 7.11 Å². The van der Waals surface area contributed by atoms with E-state index in [1.54, 1.807) is 12.0 Å². The van der Waals surface area contributed by atoms with Crippen LogP contribution in [0.15, 0.2) is 24.3 Å². The highest BCUT2D eigenvalue weighted by Gasteiger charge is 2.26. The van der Waals surface area contributed by atoms with Crippen LogP contribution < -0.4 is 10.1 Å². The van der Waals surface area contributed by atoms with Crippen molar-refractivity contribution in [2.24, 2.45) is 0 Å². The second-order valence-electron chi connectivity index (χ2n) is 6.62. The average Bonchev–Trinajstić information content (AvgIpc) is 2.53. The fraction of sp³-hybridized carbons (Fsp3) is 0.529. The Kier molecular flexibility index (Phi) is 5.88. The molecule has 0 spiro atoms. The summed E-state index contributed by atoms with van der Waals surface area (Å²) in [6.07, 6.45) is -0.270. The van der Waals surface area contributed by atoms with E-state index in [4.69, 9.17) is 21.7 Å². The van der Waals surface area contributed by atoms with Crippen LogP contribution in [-0.4, -0.2) is 59.9 Å². The summed E-state index contributed by atoms with van der Waals surface area (Å²) in [7, 11) is 1.63. The normalized spacial score (nSPS) is 15.0. The molecule has 0 atom stereocenters. The van der Waals surface area contributed by atoms with Gasteiger partial charge in [0.1, 0.15) is 11.4 Å². The number of benzene rings is 1. The summed E-state index contributed by atoms with van der Waals surface area (Å²) in [6, 6.07) is 7.62. The van der Waals surface area contributed by atoms with Crippen molar-refractivity contribution in [3.63, 3.8) is 0 Å². The molecule has 1 aliphatic rings. The van der Waals surface area contributed by atoms with Crippen molar-refractivity contribution in [3.8, 4) is 5.75 Å². The molecular weight excluding hydrogens is 326 g/mol. The second-order valence-corrected chi connectivity index (χ2v) is 7.00. The lowest BCUT2D eigenvalue weighted by molar-refractivity contribution is 0.0188. The number of hydrogen-bond acceptors (Lipinski definition) is 4. The van der Waals surface area contributed by atoms with Crippen molar-refractivity contribution in [3.05, 3.63) is 24.3 Å². The quantitative estimate of drug-likeness (QED) is 0.827. The highest BCUT2D eigenvalue weighted by atomic mass is 32.1. The molecule has 0 aromatic heterocycles. The van der Waals surface area contributed by atoms with E-state index in [1.807, 2.05) is 45.0 Å². The topological polar surface area (TPSA) is 54.0 Å². The van der Waals surface area contributed by atoms with Gasteiger partial charge in [0.25, 0.3) is 0 Å². The van der Waals surface area contributed by atoms with Crippen molar-refractivity contribution in [2.75, 3.05) is 38.6 Å². The third-order valence-electron chi connectivity index (χ3n) is 3.54. The zero-order valence-corrected chi connectivity index (χ0v) is 15.5. The van der Waals surface area contributed by atoms with E-state index >= 15 is 0 Å². The third-order valence-corrected chi connectivity index (χ3v) is 3.90. The first-order valence-electron chi connectivity index (χ1n) is 7.96. The van der Waals surface area contributed by atoms with Crippen LogP contribution in [0.1, 0.15) is 20.8 Å². The van der Waals surface area contributed by atoms with E-state index in [-0.39, 0.29) is 6.09 Å². The minimum absolute atomic E-state index is 0.270. The van der Waals surface area contributed by atoms with Crippen molar-refractivity contribution >= 4 is 29.1 Å². The Bertz CT molecular complexity index is 593. The number of ether oxygens (including phenoxy) is 2. The zero-order valence-electron chi connectivity index (χ0n) is 14.7. The Morgan fingerprint density at radius 3 is 2.38 bits per heavy atom. The van der Waals surface area contributed by atoms with Crippen LogP contribution in [0.5, 0.6) is 5.75 Å². The Balaban J connectivity index is 1.85. The number of nitrogens with zero attached hydrogens (tertiary/aromatic N) is 2. The van der Waals surface area contributed by atoms with Crippen molar-refractivity contribution in [1.29, 1.82) is 0 Å². The standard InChI is InChI=1S/C17H25N3O3S/c1-17(2,3)23-16(21)20-10-8-19(9-11-20)15(24)18-13-6-5-7-14(12-13)22-4/h5-7,12H,8-11H2,1-4H3,(H,18,24). The molecule has 0 bridgehead atoms. The molecule has 1 N–H and O–H groups in total. The number of methoxy groups -OCH3 is 1. The van der Waals surface area contributed by atoms with Gasteiger partial charge in [-0.3, -0.25) is 0 Å². The summed E-state index contributed by atoms with van der Waals surface area (Å²) in [6.45, 7) is 8.14. The number of anilines is 1. The Morgan fingerprint density at radius 1 is 1.17 bits per heavy atom. The third kappa shape index (κ3) is 5.26. The van der Waals surface area contributed by atoms with Crippen LogP contribution in [0.25, 0.3) is 0 Å². The highest BCUT2D eigenvalue weighted by Crippen LogP contribution is 2.18. The van der Waals surface area contributed by atoms with Gasteiger partial charge in [0, 0.05) is 37.9 Å². The van der Waals surface area contributed by atoms with Crippen molar-refractivity contribution in [2.45, 2.75) is 26.4 Å². The molecule has 0 radical (unpaired) electrons. The van der Waals surface area contributed by atoms with Gasteiger partial charge < -0.3 is 24.6 Å². The van der Waals surface area contributed by atoms with E-state index in [9.17, 15) is 4.79 Å². The largest absolute Gasteiger partial charge is 0.497 e. The molecule has 2 rings (SSSR count). The summed E-state index contributed by atoms with van der Waals surface area (Å²) < 4.78 is 10.6. The smallest absolute Gasteiger partial charge is 0.410 e. The molecule has 1 aromatic rings. The first kappa shape index (κ1) is 18.3. The molecule has 1 heterocycles. The molecule has 132 valence electrons. The van der Waals surface area contributed by atoms with E-state index < -0.39 is 5.60 Å². The fourth-order valence-corrected chi connectivity index (χ4v) is 2.62. The number of amides is 1. The average molecular weight is 351 g/mol. The lowest BCUT2D eigenvalue weighted by Gasteiger charge is -2.36. The zero-order chi connectivity index (χ0) is 17.7. The summed E-state index contributed by atoms with van der Waals surface area (Å²) in [5, 5.41) is 3.86. The number of rotatable bonds is 2. The minimum atomic E-state index is -0.475. The molecule has 7 heteroatoms. The molecular formula is C17H25N3O3S. The van der Waals surface area contributed by atoms with Crippen LogP contribution in [-0.2, 0) is 4.74 Å². The molecule has 1 amide bonds. The lowest BCUT2D eigenvalue weighted by atomic mass is 10.2. The van der Waals surface area contributed by atoms with Gasteiger partial charge in [-0.05, 0) is 45.1 Å². The van der Waals surface area contributed by atoms with Gasteiger partial charge in [-0.2, -0.15) is 0 Å². The van der Waals surface area contributed by atoms with Gasteiger partial charge in [-0.15, -0.1) is 0 Å². The van der Waals surface area contributed by atoms with E-state index in [2.05, 4.69) is 10.2 Å². The summed E-state index contributed by atoms with van der Waals surface area (Å²) >= 11 is 5.47. The Labute approximate surface area is 148 Å². The predicted octanol–water partition coefficient (Wildman–Crippen LogP) is 2.94. The summed E-state index contributed by atoms with van der Waals surface area (Å²) in [5.74, 6) is 0.776. The van der Waals surface area contributed by atoms with Crippen LogP contribution in [0.3, 0.4) is 0 Å². The lowest BCUT2D eigenvalue weighted by Crippen LogP contribution is -2.52. The molecule has 1 aliphatic heterocycles. The predicted molar refractivity (Wildman–Crippen MR) is 98.6 cm³/mol. The SMILES string of the molecule is COc1cccc(NC(=S)N2CCN(C(=O)OC(C)(C)C)CC2)c1. The highest BCUT2D eigenvalue weighted by molar-refractivity contribution is 7.80. The maximum Gasteiger partial charge on any atom is 0.410 e. The second kappa shape index (κ2) is 7.70. The Hall–Kier alpha value is -2.02. The van der Waals surface area contributed by atoms with Crippen molar-refractivity contribution in [1.82, 2.24) is 9.80 Å². The van der Waals surface area contributed by atoms with E-state index in [1.165, 1.54) is 0 Å². The maximum atomic E-state index is 12.1. The van der Waals surface area contributed by atoms with Gasteiger partial charge in [0.15, 0.2) is 5.11 Å². The van der Waals surface area contributed by atoms with Crippen LogP contribution >= 0.6 is 12.2 Å².